The summed E-state index contributed by atoms with van der Waals surface area (Å²) in [7, 11) is 0. The Labute approximate surface area is 172 Å². The van der Waals surface area contributed by atoms with E-state index < -0.39 is 5.82 Å². The molecular formula is C19H23ClFN5OS. The van der Waals surface area contributed by atoms with Crippen LogP contribution in [0.25, 0.3) is 0 Å². The van der Waals surface area contributed by atoms with Gasteiger partial charge in [0.2, 0.25) is 5.13 Å². The molecular weight excluding hydrogens is 401 g/mol. The maximum absolute atomic E-state index is 14.1. The number of aryl methyl sites for hydroxylation is 1. The first-order valence-corrected chi connectivity index (χ1v) is 10.8. The number of anilines is 1. The van der Waals surface area contributed by atoms with Crippen LogP contribution in [0.5, 0.6) is 0 Å². The molecule has 4 rings (SSSR count). The molecule has 2 fully saturated rings. The van der Waals surface area contributed by atoms with Gasteiger partial charge in [-0.15, -0.1) is 10.2 Å². The highest BCUT2D eigenvalue weighted by atomic mass is 35.5. The minimum atomic E-state index is -0.394. The number of carbonyl (C=O) groups excluding carboxylic acids is 1. The van der Waals surface area contributed by atoms with E-state index >= 15 is 0 Å². The van der Waals surface area contributed by atoms with Crippen molar-refractivity contribution in [1.82, 2.24) is 20.4 Å². The minimum Gasteiger partial charge on any atom is -0.345 e. The number of halogens is 2. The fourth-order valence-electron chi connectivity index (χ4n) is 3.76. The quantitative estimate of drug-likeness (QED) is 0.790. The number of piperidine rings is 1. The molecule has 0 bridgehead atoms. The third-order valence-electron chi connectivity index (χ3n) is 5.34. The van der Waals surface area contributed by atoms with Gasteiger partial charge < -0.3 is 15.1 Å². The highest BCUT2D eigenvalue weighted by molar-refractivity contribution is 7.13. The number of rotatable bonds is 5. The van der Waals surface area contributed by atoms with Crippen LogP contribution in [-0.4, -0.2) is 46.3 Å². The van der Waals surface area contributed by atoms with Crippen molar-refractivity contribution < 1.29 is 9.18 Å². The van der Waals surface area contributed by atoms with Gasteiger partial charge in [-0.1, -0.05) is 22.9 Å². The molecule has 2 aromatic rings. The molecule has 0 unspecified atom stereocenters. The predicted octanol–water partition coefficient (Wildman–Crippen LogP) is 3.98. The van der Waals surface area contributed by atoms with Gasteiger partial charge in [-0.25, -0.2) is 9.18 Å². The number of aromatic nitrogens is 2. The second-order valence-electron chi connectivity index (χ2n) is 7.45. The van der Waals surface area contributed by atoms with E-state index in [2.05, 4.69) is 20.4 Å². The summed E-state index contributed by atoms with van der Waals surface area (Å²) in [5.74, 6) is -0.394. The van der Waals surface area contributed by atoms with Crippen molar-refractivity contribution >= 4 is 34.1 Å². The Morgan fingerprint density at radius 1 is 1.39 bits per heavy atom. The first kappa shape index (κ1) is 19.4. The topological polar surface area (TPSA) is 61.4 Å². The first-order valence-electron chi connectivity index (χ1n) is 9.54. The van der Waals surface area contributed by atoms with Crippen molar-refractivity contribution in [3.8, 4) is 0 Å². The molecule has 1 aliphatic carbocycles. The SMILES string of the molecule is Cc1cc(CNC(=O)N(C2CC2)[C@@H]2CCCN(c3nncs3)C2)c(F)cc1Cl. The summed E-state index contributed by atoms with van der Waals surface area (Å²) in [4.78, 5) is 17.1. The van der Waals surface area contributed by atoms with E-state index in [1.807, 2.05) is 11.8 Å². The van der Waals surface area contributed by atoms with Crippen LogP contribution in [0.3, 0.4) is 0 Å². The second-order valence-corrected chi connectivity index (χ2v) is 8.67. The summed E-state index contributed by atoms with van der Waals surface area (Å²) >= 11 is 7.48. The lowest BCUT2D eigenvalue weighted by atomic mass is 10.0. The fraction of sp³-hybridized carbons (Fsp3) is 0.526. The summed E-state index contributed by atoms with van der Waals surface area (Å²) < 4.78 is 14.1. The number of urea groups is 1. The van der Waals surface area contributed by atoms with Crippen molar-refractivity contribution in [3.63, 3.8) is 0 Å². The van der Waals surface area contributed by atoms with E-state index in [1.54, 1.807) is 11.6 Å². The van der Waals surface area contributed by atoms with Crippen LogP contribution in [0.4, 0.5) is 14.3 Å². The Balaban J connectivity index is 1.43. The molecule has 6 nitrogen and oxygen atoms in total. The molecule has 1 N–H and O–H groups in total. The number of carbonyl (C=O) groups is 1. The standard InChI is InChI=1S/C19H23ClFN5OS/c1-12-7-13(17(21)8-16(12)20)9-22-18(27)26(14-4-5-14)15-3-2-6-25(10-15)19-24-23-11-28-19/h7-8,11,14-15H,2-6,9-10H2,1H3,(H,22,27)/t15-/m1/s1. The van der Waals surface area contributed by atoms with E-state index in [9.17, 15) is 9.18 Å². The molecule has 1 aliphatic heterocycles. The average Bonchev–Trinajstić information content (AvgIpc) is 3.35. The number of hydrogen-bond acceptors (Lipinski definition) is 5. The van der Waals surface area contributed by atoms with Crippen LogP contribution in [0.2, 0.25) is 5.02 Å². The van der Waals surface area contributed by atoms with Gasteiger partial charge in [0.1, 0.15) is 11.3 Å². The van der Waals surface area contributed by atoms with Crippen LogP contribution in [0.1, 0.15) is 36.8 Å². The third kappa shape index (κ3) is 4.22. The van der Waals surface area contributed by atoms with Crippen LogP contribution < -0.4 is 10.2 Å². The molecule has 1 aromatic heterocycles. The van der Waals surface area contributed by atoms with Crippen molar-refractivity contribution in [2.24, 2.45) is 0 Å². The van der Waals surface area contributed by atoms with Crippen LogP contribution >= 0.6 is 22.9 Å². The second kappa shape index (κ2) is 8.21. The van der Waals surface area contributed by atoms with Gasteiger partial charge in [0.05, 0.1) is 6.04 Å². The molecule has 0 radical (unpaired) electrons. The van der Waals surface area contributed by atoms with Crippen LogP contribution in [-0.2, 0) is 6.54 Å². The highest BCUT2D eigenvalue weighted by Gasteiger charge is 2.39. The Bertz CT molecular complexity index is 845. The van der Waals surface area contributed by atoms with Gasteiger partial charge >= 0.3 is 6.03 Å². The molecule has 2 aliphatic rings. The zero-order valence-corrected chi connectivity index (χ0v) is 17.3. The van der Waals surface area contributed by atoms with Crippen LogP contribution in [0, 0.1) is 12.7 Å². The van der Waals surface area contributed by atoms with Crippen molar-refractivity contribution in [3.05, 3.63) is 39.6 Å². The Morgan fingerprint density at radius 2 is 2.21 bits per heavy atom. The van der Waals surface area contributed by atoms with Crippen molar-refractivity contribution in [2.45, 2.75) is 51.2 Å². The van der Waals surface area contributed by atoms with Gasteiger partial charge in [0, 0.05) is 36.3 Å². The Morgan fingerprint density at radius 3 is 2.93 bits per heavy atom. The van der Waals surface area contributed by atoms with E-state index in [-0.39, 0.29) is 24.7 Å². The van der Waals surface area contributed by atoms with Crippen molar-refractivity contribution in [2.75, 3.05) is 18.0 Å². The third-order valence-corrected chi connectivity index (χ3v) is 6.50. The average molecular weight is 424 g/mol. The number of benzene rings is 1. The molecule has 0 spiro atoms. The number of amides is 2. The van der Waals surface area contributed by atoms with Gasteiger partial charge in [-0.05, 0) is 50.3 Å². The van der Waals surface area contributed by atoms with E-state index in [4.69, 9.17) is 11.6 Å². The van der Waals surface area contributed by atoms with E-state index in [1.165, 1.54) is 17.4 Å². The molecule has 2 heterocycles. The zero-order valence-electron chi connectivity index (χ0n) is 15.7. The molecule has 28 heavy (non-hydrogen) atoms. The molecule has 2 amide bonds. The zero-order chi connectivity index (χ0) is 19.7. The molecule has 9 heteroatoms. The Hall–Kier alpha value is -1.93. The fourth-order valence-corrected chi connectivity index (χ4v) is 4.51. The lowest BCUT2D eigenvalue weighted by Gasteiger charge is -2.39. The van der Waals surface area contributed by atoms with Gasteiger partial charge in [0.25, 0.3) is 0 Å². The summed E-state index contributed by atoms with van der Waals surface area (Å²) in [6.07, 6.45) is 4.02. The molecule has 1 saturated heterocycles. The lowest BCUT2D eigenvalue weighted by molar-refractivity contribution is 0.160. The summed E-state index contributed by atoms with van der Waals surface area (Å²) in [5.41, 5.74) is 2.98. The number of nitrogens with one attached hydrogen (secondary N) is 1. The normalized spacial score (nSPS) is 19.5. The van der Waals surface area contributed by atoms with Gasteiger partial charge in [0.15, 0.2) is 0 Å². The smallest absolute Gasteiger partial charge is 0.318 e. The van der Waals surface area contributed by atoms with Crippen molar-refractivity contribution in [1.29, 1.82) is 0 Å². The Kier molecular flexibility index (Phi) is 5.68. The van der Waals surface area contributed by atoms with E-state index in [0.29, 0.717) is 10.6 Å². The lowest BCUT2D eigenvalue weighted by Crippen LogP contribution is -2.54. The molecule has 1 aromatic carbocycles. The minimum absolute atomic E-state index is 0.126. The maximum atomic E-state index is 14.1. The summed E-state index contributed by atoms with van der Waals surface area (Å²) in [6, 6.07) is 3.27. The highest BCUT2D eigenvalue weighted by Crippen LogP contribution is 2.33. The van der Waals surface area contributed by atoms with E-state index in [0.717, 1.165) is 49.5 Å². The summed E-state index contributed by atoms with van der Waals surface area (Å²) in [6.45, 7) is 3.67. The van der Waals surface area contributed by atoms with Gasteiger partial charge in [-0.2, -0.15) is 0 Å². The monoisotopic (exact) mass is 423 g/mol. The van der Waals surface area contributed by atoms with Gasteiger partial charge in [-0.3, -0.25) is 0 Å². The number of nitrogens with zero attached hydrogens (tertiary/aromatic N) is 4. The molecule has 150 valence electrons. The van der Waals surface area contributed by atoms with Crippen LogP contribution in [0.15, 0.2) is 17.6 Å². The molecule has 1 atom stereocenters. The largest absolute Gasteiger partial charge is 0.345 e. The molecule has 1 saturated carbocycles. The first-order chi connectivity index (χ1) is 13.5. The number of hydrogen-bond donors (Lipinski definition) is 1. The summed E-state index contributed by atoms with van der Waals surface area (Å²) in [5, 5.41) is 12.3. The predicted molar refractivity (Wildman–Crippen MR) is 108 cm³/mol. The maximum Gasteiger partial charge on any atom is 0.318 e.